The van der Waals surface area contributed by atoms with E-state index in [1.165, 1.54) is 18.3 Å². The molecule has 134 valence electrons. The molecular formula is C17H17F4N3O. The Labute approximate surface area is 142 Å². The molecule has 2 aromatic heterocycles. The number of pyridine rings is 2. The van der Waals surface area contributed by atoms with Gasteiger partial charge in [-0.25, -0.2) is 9.37 Å². The van der Waals surface area contributed by atoms with Crippen molar-refractivity contribution in [2.75, 3.05) is 4.90 Å². The molecule has 0 spiro atoms. The monoisotopic (exact) mass is 355 g/mol. The van der Waals surface area contributed by atoms with Crippen LogP contribution in [0.4, 0.5) is 23.2 Å². The molecule has 0 unspecified atom stereocenters. The first-order chi connectivity index (χ1) is 11.6. The van der Waals surface area contributed by atoms with E-state index in [2.05, 4.69) is 9.97 Å². The molecule has 0 N–H and O–H groups in total. The molecule has 4 nitrogen and oxygen atoms in total. The Hall–Kier alpha value is -2.51. The maximum Gasteiger partial charge on any atom is 0.435 e. The van der Waals surface area contributed by atoms with Crippen LogP contribution in [0.15, 0.2) is 30.6 Å². The number of hydrogen-bond donors (Lipinski definition) is 0. The van der Waals surface area contributed by atoms with Gasteiger partial charge >= 0.3 is 6.18 Å². The largest absolute Gasteiger partial charge is 0.435 e. The number of rotatable bonds is 4. The van der Waals surface area contributed by atoms with Crippen molar-refractivity contribution in [2.24, 2.45) is 0 Å². The predicted octanol–water partition coefficient (Wildman–Crippen LogP) is 4.45. The second kappa shape index (κ2) is 7.16. The van der Waals surface area contributed by atoms with Crippen LogP contribution >= 0.6 is 0 Å². The van der Waals surface area contributed by atoms with Gasteiger partial charge in [0.1, 0.15) is 5.82 Å². The molecule has 0 aliphatic carbocycles. The molecule has 0 bridgehead atoms. The van der Waals surface area contributed by atoms with Crippen molar-refractivity contribution < 1.29 is 22.4 Å². The Kier molecular flexibility index (Phi) is 5.39. The summed E-state index contributed by atoms with van der Waals surface area (Å²) >= 11 is 0. The van der Waals surface area contributed by atoms with Crippen molar-refractivity contribution in [1.29, 1.82) is 0 Å². The molecule has 0 radical (unpaired) electrons. The highest BCUT2D eigenvalue weighted by Crippen LogP contribution is 2.37. The lowest BCUT2D eigenvalue weighted by Crippen LogP contribution is -2.38. The van der Waals surface area contributed by atoms with E-state index in [4.69, 9.17) is 0 Å². The van der Waals surface area contributed by atoms with E-state index >= 15 is 0 Å². The fourth-order valence-corrected chi connectivity index (χ4v) is 2.44. The zero-order chi connectivity index (χ0) is 18.8. The fraction of sp³-hybridized carbons (Fsp3) is 0.353. The topological polar surface area (TPSA) is 46.1 Å². The van der Waals surface area contributed by atoms with Crippen LogP contribution < -0.4 is 4.90 Å². The van der Waals surface area contributed by atoms with Gasteiger partial charge in [0.05, 0.1) is 17.6 Å². The number of carbonyl (C=O) groups is 1. The number of aromatic nitrogens is 2. The number of carbonyl (C=O) groups excluding carboxylic acids is 1. The molecule has 2 aromatic rings. The molecule has 8 heteroatoms. The maximum atomic E-state index is 13.5. The first-order valence-electron chi connectivity index (χ1n) is 7.66. The number of alkyl halides is 3. The molecule has 25 heavy (non-hydrogen) atoms. The van der Waals surface area contributed by atoms with Crippen LogP contribution in [0, 0.1) is 5.82 Å². The smallest absolute Gasteiger partial charge is 0.308 e. The minimum absolute atomic E-state index is 0.0606. The molecule has 0 aliphatic rings. The van der Waals surface area contributed by atoms with Crippen LogP contribution in [0.25, 0.3) is 11.3 Å². The van der Waals surface area contributed by atoms with E-state index in [0.717, 1.165) is 17.2 Å². The fourth-order valence-electron chi connectivity index (χ4n) is 2.44. The molecule has 0 saturated heterocycles. The van der Waals surface area contributed by atoms with Crippen molar-refractivity contribution >= 4 is 11.6 Å². The number of anilines is 1. The third-order valence-corrected chi connectivity index (χ3v) is 3.49. The summed E-state index contributed by atoms with van der Waals surface area (Å²) in [5.41, 5.74) is -1.46. The van der Waals surface area contributed by atoms with Crippen LogP contribution in [0.2, 0.25) is 0 Å². The van der Waals surface area contributed by atoms with Gasteiger partial charge in [-0.2, -0.15) is 13.2 Å². The second-order valence-electron chi connectivity index (χ2n) is 5.66. The van der Waals surface area contributed by atoms with Gasteiger partial charge in [-0.3, -0.25) is 9.78 Å². The summed E-state index contributed by atoms with van der Waals surface area (Å²) in [4.78, 5) is 20.4. The third-order valence-electron chi connectivity index (χ3n) is 3.49. The average molecular weight is 355 g/mol. The normalized spacial score (nSPS) is 11.7. The number of halogens is 4. The Balaban J connectivity index is 2.64. The Bertz CT molecular complexity index is 775. The van der Waals surface area contributed by atoms with Gasteiger partial charge in [-0.15, -0.1) is 0 Å². The lowest BCUT2D eigenvalue weighted by atomic mass is 10.1. The summed E-state index contributed by atoms with van der Waals surface area (Å²) in [6.45, 7) is 4.82. The summed E-state index contributed by atoms with van der Waals surface area (Å²) in [7, 11) is 0. The molecule has 2 heterocycles. The van der Waals surface area contributed by atoms with Crippen LogP contribution in [0.3, 0.4) is 0 Å². The minimum atomic E-state index is -4.77. The van der Waals surface area contributed by atoms with Gasteiger partial charge in [0.25, 0.3) is 0 Å². The summed E-state index contributed by atoms with van der Waals surface area (Å²) in [5, 5.41) is 0. The zero-order valence-electron chi connectivity index (χ0n) is 13.9. The van der Waals surface area contributed by atoms with Crippen molar-refractivity contribution in [3.05, 3.63) is 42.1 Å². The first-order valence-corrected chi connectivity index (χ1v) is 7.66. The summed E-state index contributed by atoms with van der Waals surface area (Å²) < 4.78 is 53.9. The molecule has 0 atom stereocenters. The van der Waals surface area contributed by atoms with Gasteiger partial charge in [-0.05, 0) is 32.0 Å². The molecule has 0 saturated carbocycles. The highest BCUT2D eigenvalue weighted by molar-refractivity contribution is 5.94. The third kappa shape index (κ3) is 4.12. The van der Waals surface area contributed by atoms with Gasteiger partial charge < -0.3 is 4.90 Å². The van der Waals surface area contributed by atoms with E-state index in [0.29, 0.717) is 0 Å². The van der Waals surface area contributed by atoms with Gasteiger partial charge in [0.15, 0.2) is 5.69 Å². The first kappa shape index (κ1) is 18.8. The van der Waals surface area contributed by atoms with Crippen LogP contribution in [-0.2, 0) is 11.0 Å². The van der Waals surface area contributed by atoms with E-state index in [1.807, 2.05) is 0 Å². The van der Waals surface area contributed by atoms with Crippen LogP contribution in [-0.4, -0.2) is 21.9 Å². The summed E-state index contributed by atoms with van der Waals surface area (Å²) in [6, 6.07) is 3.08. The van der Waals surface area contributed by atoms with Gasteiger partial charge in [-0.1, -0.05) is 6.92 Å². The number of nitrogens with zero attached hydrogens (tertiary/aromatic N) is 3. The highest BCUT2D eigenvalue weighted by atomic mass is 19.4. The number of hydrogen-bond acceptors (Lipinski definition) is 3. The van der Waals surface area contributed by atoms with Gasteiger partial charge in [0, 0.05) is 24.2 Å². The van der Waals surface area contributed by atoms with E-state index in [9.17, 15) is 22.4 Å². The molecular weight excluding hydrogens is 338 g/mol. The summed E-state index contributed by atoms with van der Waals surface area (Å²) in [5.74, 6) is -1.12. The van der Waals surface area contributed by atoms with Crippen LogP contribution in [0.1, 0.15) is 32.9 Å². The lowest BCUT2D eigenvalue weighted by Gasteiger charge is -2.29. The second-order valence-corrected chi connectivity index (χ2v) is 5.66. The Morgan fingerprint density at radius 3 is 2.44 bits per heavy atom. The predicted molar refractivity (Wildman–Crippen MR) is 85.3 cm³/mol. The number of amides is 1. The molecule has 2 rings (SSSR count). The Morgan fingerprint density at radius 2 is 1.92 bits per heavy atom. The quantitative estimate of drug-likeness (QED) is 0.761. The minimum Gasteiger partial charge on any atom is -0.308 e. The van der Waals surface area contributed by atoms with Gasteiger partial charge in [0.2, 0.25) is 5.91 Å². The summed E-state index contributed by atoms with van der Waals surface area (Å²) in [6.07, 6.45) is -2.54. The molecule has 1 amide bonds. The SMILES string of the molecule is CCC(=O)N(c1ccc(-c2cncc(F)c2)nc1C(F)(F)F)C(C)C. The lowest BCUT2D eigenvalue weighted by molar-refractivity contribution is -0.140. The zero-order valence-corrected chi connectivity index (χ0v) is 13.9. The average Bonchev–Trinajstić information content (AvgIpc) is 2.53. The maximum absolute atomic E-state index is 13.5. The van der Waals surface area contributed by atoms with E-state index < -0.39 is 29.6 Å². The standard InChI is InChI=1S/C17H17F4N3O/c1-4-15(25)24(10(2)3)14-6-5-13(23-16(14)17(19,20)21)11-7-12(18)9-22-8-11/h5-10H,4H2,1-3H3. The highest BCUT2D eigenvalue weighted by Gasteiger charge is 2.38. The van der Waals surface area contributed by atoms with Crippen molar-refractivity contribution in [3.8, 4) is 11.3 Å². The molecule has 0 aromatic carbocycles. The van der Waals surface area contributed by atoms with E-state index in [1.54, 1.807) is 20.8 Å². The van der Waals surface area contributed by atoms with Crippen molar-refractivity contribution in [1.82, 2.24) is 9.97 Å². The molecule has 0 fully saturated rings. The van der Waals surface area contributed by atoms with Crippen molar-refractivity contribution in [2.45, 2.75) is 39.4 Å². The Morgan fingerprint density at radius 1 is 1.24 bits per heavy atom. The van der Waals surface area contributed by atoms with Crippen LogP contribution in [0.5, 0.6) is 0 Å². The van der Waals surface area contributed by atoms with E-state index in [-0.39, 0.29) is 23.4 Å². The van der Waals surface area contributed by atoms with Crippen molar-refractivity contribution in [3.63, 3.8) is 0 Å². The molecule has 0 aliphatic heterocycles.